The van der Waals surface area contributed by atoms with Gasteiger partial charge in [-0.1, -0.05) is 23.2 Å². The lowest BCUT2D eigenvalue weighted by Gasteiger charge is -2.10. The lowest BCUT2D eigenvalue weighted by Crippen LogP contribution is -1.99. The summed E-state index contributed by atoms with van der Waals surface area (Å²) in [5.41, 5.74) is 9.77. The molecule has 0 radical (unpaired) electrons. The molecule has 0 saturated heterocycles. The van der Waals surface area contributed by atoms with Crippen LogP contribution >= 0.6 is 23.2 Å². The SMILES string of the molecule is COc1ccc(-c2[nH]c3c(Cl)cc(Cl)cc3c2CCCCN)cc1OC. The van der Waals surface area contributed by atoms with Gasteiger partial charge in [0, 0.05) is 21.7 Å². The predicted octanol–water partition coefficient (Wildman–Crippen LogP) is 5.44. The molecule has 3 rings (SSSR count). The first-order valence-electron chi connectivity index (χ1n) is 8.51. The highest BCUT2D eigenvalue weighted by Gasteiger charge is 2.17. The van der Waals surface area contributed by atoms with Crippen molar-refractivity contribution in [1.82, 2.24) is 4.98 Å². The minimum Gasteiger partial charge on any atom is -0.493 e. The number of halogens is 2. The number of ether oxygens (including phenoxy) is 2. The number of fused-ring (bicyclic) bond motifs is 1. The van der Waals surface area contributed by atoms with Crippen molar-refractivity contribution < 1.29 is 9.47 Å². The van der Waals surface area contributed by atoms with Gasteiger partial charge in [-0.3, -0.25) is 0 Å². The number of nitrogens with one attached hydrogen (secondary N) is 1. The van der Waals surface area contributed by atoms with Crippen LogP contribution in [0, 0.1) is 0 Å². The maximum atomic E-state index is 6.42. The molecule has 3 aromatic rings. The number of H-pyrrole nitrogens is 1. The Labute approximate surface area is 163 Å². The second-order valence-electron chi connectivity index (χ2n) is 6.10. The van der Waals surface area contributed by atoms with Crippen molar-refractivity contribution in [3.63, 3.8) is 0 Å². The summed E-state index contributed by atoms with van der Waals surface area (Å²) in [6.45, 7) is 0.676. The molecule has 4 nitrogen and oxygen atoms in total. The highest BCUT2D eigenvalue weighted by molar-refractivity contribution is 6.38. The second-order valence-corrected chi connectivity index (χ2v) is 6.95. The number of benzene rings is 2. The first kappa shape index (κ1) is 18.9. The maximum Gasteiger partial charge on any atom is 0.161 e. The number of hydrogen-bond acceptors (Lipinski definition) is 3. The molecular weight excluding hydrogens is 371 g/mol. The largest absolute Gasteiger partial charge is 0.493 e. The molecule has 0 aliphatic rings. The number of nitrogens with two attached hydrogens (primary N) is 1. The monoisotopic (exact) mass is 392 g/mol. The average molecular weight is 393 g/mol. The molecule has 1 aromatic heterocycles. The normalized spacial score (nSPS) is 11.1. The topological polar surface area (TPSA) is 60.3 Å². The summed E-state index contributed by atoms with van der Waals surface area (Å²) in [5, 5.41) is 2.28. The van der Waals surface area contributed by atoms with Crippen molar-refractivity contribution in [2.24, 2.45) is 5.73 Å². The van der Waals surface area contributed by atoms with Gasteiger partial charge >= 0.3 is 0 Å². The fraction of sp³-hybridized carbons (Fsp3) is 0.300. The van der Waals surface area contributed by atoms with Crippen LogP contribution in [0.1, 0.15) is 18.4 Å². The van der Waals surface area contributed by atoms with E-state index in [0.717, 1.165) is 41.4 Å². The summed E-state index contributed by atoms with van der Waals surface area (Å²) < 4.78 is 10.8. The molecule has 0 unspecified atom stereocenters. The van der Waals surface area contributed by atoms with Crippen molar-refractivity contribution in [2.45, 2.75) is 19.3 Å². The van der Waals surface area contributed by atoms with Crippen LogP contribution in [-0.4, -0.2) is 25.7 Å². The first-order chi connectivity index (χ1) is 12.6. The Kier molecular flexibility index (Phi) is 5.97. The van der Waals surface area contributed by atoms with Crippen molar-refractivity contribution in [2.75, 3.05) is 20.8 Å². The lowest BCUT2D eigenvalue weighted by molar-refractivity contribution is 0.355. The molecule has 0 atom stereocenters. The smallest absolute Gasteiger partial charge is 0.161 e. The third-order valence-corrected chi connectivity index (χ3v) is 5.00. The molecule has 0 spiro atoms. The van der Waals surface area contributed by atoms with E-state index < -0.39 is 0 Å². The second kappa shape index (κ2) is 8.21. The van der Waals surface area contributed by atoms with Crippen molar-refractivity contribution in [3.8, 4) is 22.8 Å². The molecule has 0 aliphatic carbocycles. The highest BCUT2D eigenvalue weighted by Crippen LogP contribution is 2.39. The van der Waals surface area contributed by atoms with Gasteiger partial charge in [0.2, 0.25) is 0 Å². The Hall–Kier alpha value is -1.88. The number of aromatic nitrogens is 1. The first-order valence-corrected chi connectivity index (χ1v) is 9.26. The van der Waals surface area contributed by atoms with Crippen LogP contribution in [0.3, 0.4) is 0 Å². The van der Waals surface area contributed by atoms with Gasteiger partial charge in [0.1, 0.15) is 0 Å². The van der Waals surface area contributed by atoms with E-state index in [-0.39, 0.29) is 0 Å². The van der Waals surface area contributed by atoms with Gasteiger partial charge in [-0.15, -0.1) is 0 Å². The van der Waals surface area contributed by atoms with E-state index in [4.69, 9.17) is 38.4 Å². The summed E-state index contributed by atoms with van der Waals surface area (Å²) in [7, 11) is 3.26. The molecule has 1 heterocycles. The van der Waals surface area contributed by atoms with Crippen LogP contribution in [-0.2, 0) is 6.42 Å². The van der Waals surface area contributed by atoms with Crippen LogP contribution in [0.15, 0.2) is 30.3 Å². The van der Waals surface area contributed by atoms with E-state index in [1.807, 2.05) is 24.3 Å². The fourth-order valence-electron chi connectivity index (χ4n) is 3.22. The lowest BCUT2D eigenvalue weighted by atomic mass is 10.00. The average Bonchev–Trinajstić information content (AvgIpc) is 3.00. The number of methoxy groups -OCH3 is 2. The highest BCUT2D eigenvalue weighted by atomic mass is 35.5. The molecule has 2 aromatic carbocycles. The van der Waals surface area contributed by atoms with Gasteiger partial charge in [-0.2, -0.15) is 0 Å². The van der Waals surface area contributed by atoms with Crippen molar-refractivity contribution in [1.29, 1.82) is 0 Å². The summed E-state index contributed by atoms with van der Waals surface area (Å²) in [5.74, 6) is 1.37. The van der Waals surface area contributed by atoms with Gasteiger partial charge < -0.3 is 20.2 Å². The minimum atomic E-state index is 0.610. The molecule has 3 N–H and O–H groups in total. The van der Waals surface area contributed by atoms with Crippen molar-refractivity contribution in [3.05, 3.63) is 45.9 Å². The van der Waals surface area contributed by atoms with Crippen LogP contribution < -0.4 is 15.2 Å². The summed E-state index contributed by atoms with van der Waals surface area (Å²) in [6, 6.07) is 9.59. The zero-order valence-corrected chi connectivity index (χ0v) is 16.4. The Morgan fingerprint density at radius 2 is 1.77 bits per heavy atom. The van der Waals surface area contributed by atoms with E-state index in [2.05, 4.69) is 4.98 Å². The van der Waals surface area contributed by atoms with Gasteiger partial charge in [-0.25, -0.2) is 0 Å². The van der Waals surface area contributed by atoms with E-state index >= 15 is 0 Å². The minimum absolute atomic E-state index is 0.610. The predicted molar refractivity (Wildman–Crippen MR) is 109 cm³/mol. The fourth-order valence-corrected chi connectivity index (χ4v) is 3.76. The standard InChI is InChI=1S/C20H22Cl2N2O2/c1-25-17-7-6-12(9-18(17)26-2)19-14(5-3-4-8-23)15-10-13(21)11-16(22)20(15)24-19/h6-7,9-11,24H,3-5,8,23H2,1-2H3. The van der Waals surface area contributed by atoms with E-state index in [0.29, 0.717) is 28.1 Å². The van der Waals surface area contributed by atoms with Crippen LogP contribution in [0.25, 0.3) is 22.2 Å². The Morgan fingerprint density at radius 3 is 2.46 bits per heavy atom. The molecule has 0 aliphatic heterocycles. The van der Waals surface area contributed by atoms with Crippen LogP contribution in [0.5, 0.6) is 11.5 Å². The summed E-state index contributed by atoms with van der Waals surface area (Å²) in [6.07, 6.45) is 2.85. The summed E-state index contributed by atoms with van der Waals surface area (Å²) >= 11 is 12.7. The zero-order valence-electron chi connectivity index (χ0n) is 14.9. The van der Waals surface area contributed by atoms with Crippen molar-refractivity contribution >= 4 is 34.1 Å². The van der Waals surface area contributed by atoms with Gasteiger partial charge in [0.05, 0.1) is 24.8 Å². The van der Waals surface area contributed by atoms with Gasteiger partial charge in [0.15, 0.2) is 11.5 Å². The molecule has 0 saturated carbocycles. The number of hydrogen-bond donors (Lipinski definition) is 2. The maximum absolute atomic E-state index is 6.42. The summed E-state index contributed by atoms with van der Waals surface area (Å²) in [4.78, 5) is 3.47. The Balaban J connectivity index is 2.17. The number of unbranched alkanes of at least 4 members (excludes halogenated alkanes) is 1. The number of rotatable bonds is 7. The number of aryl methyl sites for hydroxylation is 1. The van der Waals surface area contributed by atoms with E-state index in [9.17, 15) is 0 Å². The van der Waals surface area contributed by atoms with Gasteiger partial charge in [0.25, 0.3) is 0 Å². The van der Waals surface area contributed by atoms with E-state index in [1.54, 1.807) is 20.3 Å². The Bertz CT molecular complexity index is 922. The molecule has 0 fully saturated rings. The molecular formula is C20H22Cl2N2O2. The van der Waals surface area contributed by atoms with Gasteiger partial charge in [-0.05, 0) is 61.7 Å². The van der Waals surface area contributed by atoms with Crippen LogP contribution in [0.4, 0.5) is 0 Å². The molecule has 138 valence electrons. The molecule has 0 amide bonds. The van der Waals surface area contributed by atoms with E-state index in [1.165, 1.54) is 5.56 Å². The molecule has 6 heteroatoms. The third-order valence-electron chi connectivity index (χ3n) is 4.49. The van der Waals surface area contributed by atoms with Crippen LogP contribution in [0.2, 0.25) is 10.0 Å². The molecule has 26 heavy (non-hydrogen) atoms. The molecule has 0 bridgehead atoms. The third kappa shape index (κ3) is 3.63. The Morgan fingerprint density at radius 1 is 1.00 bits per heavy atom. The quantitative estimate of drug-likeness (QED) is 0.526. The zero-order chi connectivity index (χ0) is 18.7. The number of aromatic amines is 1.